The lowest BCUT2D eigenvalue weighted by Crippen LogP contribution is -2.62. The van der Waals surface area contributed by atoms with Crippen molar-refractivity contribution in [2.24, 2.45) is 34.3 Å². The number of urea groups is 1. The van der Waals surface area contributed by atoms with Crippen molar-refractivity contribution in [3.8, 4) is 0 Å². The quantitative estimate of drug-likeness (QED) is 0.348. The number of ketones is 1. The summed E-state index contributed by atoms with van der Waals surface area (Å²) in [4.78, 5) is 67.9. The number of carbonyl (C=O) groups excluding carboxylic acids is 5. The predicted molar refractivity (Wildman–Crippen MR) is 139 cm³/mol. The molecule has 208 valence electrons. The lowest BCUT2D eigenvalue weighted by molar-refractivity contribution is -0.145. The second kappa shape index (κ2) is 9.91. The Bertz CT molecular complexity index is 1550. The van der Waals surface area contributed by atoms with Gasteiger partial charge in [-0.1, -0.05) is 53.7 Å². The number of nitrogens with zero attached hydrogens (tertiary/aromatic N) is 1. The number of nitrogens with two attached hydrogens (primary N) is 1. The number of carbonyl (C=O) groups is 5. The molecule has 0 aromatic carbocycles. The minimum absolute atomic E-state index is 0.198. The molecule has 0 aromatic rings. The smallest absolute Gasteiger partial charge is 0.315 e. The van der Waals surface area contributed by atoms with E-state index in [2.05, 4.69) is 5.32 Å². The maximum atomic E-state index is 14.3. The molecule has 5 amide bonds. The van der Waals surface area contributed by atoms with Gasteiger partial charge in [0.15, 0.2) is 0 Å². The molecule has 0 spiro atoms. The van der Waals surface area contributed by atoms with E-state index in [1.807, 2.05) is 5.32 Å². The third-order valence-corrected chi connectivity index (χ3v) is 7.00. The molecule has 0 bridgehead atoms. The normalized spacial score (nSPS) is 39.9. The number of hydrogen-bond acceptors (Lipinski definition) is 5. The van der Waals surface area contributed by atoms with E-state index < -0.39 is 128 Å². The zero-order valence-electron chi connectivity index (χ0n) is 38.3. The van der Waals surface area contributed by atoms with Crippen LogP contribution in [0.1, 0.15) is 104 Å². The molecule has 37 heavy (non-hydrogen) atoms. The average Bonchev–Trinajstić information content (AvgIpc) is 3.26. The second-order valence-electron chi connectivity index (χ2n) is 11.2. The number of primary amides is 1. The van der Waals surface area contributed by atoms with Crippen molar-refractivity contribution in [3.05, 3.63) is 0 Å². The first-order valence-corrected chi connectivity index (χ1v) is 11.6. The summed E-state index contributed by atoms with van der Waals surface area (Å²) in [5.74, 6) is -10.5. The summed E-state index contributed by atoms with van der Waals surface area (Å²) in [7, 11) is 0. The Labute approximate surface area is 244 Å². The van der Waals surface area contributed by atoms with Crippen LogP contribution in [0, 0.1) is 28.6 Å². The third kappa shape index (κ3) is 6.26. The first kappa shape index (κ1) is 13.4. The van der Waals surface area contributed by atoms with Crippen molar-refractivity contribution < 1.29 is 47.3 Å². The molecule has 2 saturated carbocycles. The van der Waals surface area contributed by atoms with Gasteiger partial charge in [-0.25, -0.2) is 4.79 Å². The minimum Gasteiger partial charge on any atom is -0.363 e. The average molecular weight is 537 g/mol. The number of piperidine rings is 1. The Morgan fingerprint density at radius 2 is 1.78 bits per heavy atom. The van der Waals surface area contributed by atoms with Crippen LogP contribution in [-0.2, 0) is 19.2 Å². The summed E-state index contributed by atoms with van der Waals surface area (Å²) in [6.45, 7) is -4.01. The fraction of sp³-hybridized carbons (Fsp3) is 0.815. The van der Waals surface area contributed by atoms with Crippen LogP contribution in [0.3, 0.4) is 0 Å². The Kier molecular flexibility index (Phi) is 3.59. The van der Waals surface area contributed by atoms with Crippen LogP contribution in [0.2, 0.25) is 0 Å². The van der Waals surface area contributed by atoms with Gasteiger partial charge in [-0.05, 0) is 55.5 Å². The standard InChI is InChI=1S/C27H45N5O5/c1-25(2,3)20(30-24(37)31-26(4,5)6)23(36)32-13-15-17(27(15,7)8)18(32)22(35)29-16(19(33)21(28)34)12-14-10-9-11-14/h14-18,20H,9-13H2,1-8H3,(H2,28,34)(H,29,35)(H2,30,31,37)/t15-,16+,17-,18-,20+/m0/s1/i4D3,5D3,6D3,9D2,10D2,11D2,14D,16D. The highest BCUT2D eigenvalue weighted by atomic mass is 16.2. The van der Waals surface area contributed by atoms with Gasteiger partial charge < -0.3 is 26.6 Å². The van der Waals surface area contributed by atoms with Gasteiger partial charge in [-0.2, -0.15) is 0 Å². The molecule has 1 saturated heterocycles. The topological polar surface area (TPSA) is 151 Å². The number of nitrogens with one attached hydrogen (secondary N) is 3. The van der Waals surface area contributed by atoms with Gasteiger partial charge in [-0.3, -0.25) is 19.2 Å². The van der Waals surface area contributed by atoms with Crippen LogP contribution < -0.4 is 21.7 Å². The van der Waals surface area contributed by atoms with Gasteiger partial charge >= 0.3 is 6.03 Å². The van der Waals surface area contributed by atoms with Crippen LogP contribution in [0.25, 0.3) is 0 Å². The molecule has 3 fully saturated rings. The fourth-order valence-electron chi connectivity index (χ4n) is 4.93. The van der Waals surface area contributed by atoms with Crippen LogP contribution in [0.5, 0.6) is 0 Å². The van der Waals surface area contributed by atoms with Crippen molar-refractivity contribution in [2.75, 3.05) is 6.54 Å². The molecule has 1 aliphatic heterocycles. The van der Waals surface area contributed by atoms with E-state index in [1.165, 1.54) is 20.8 Å². The number of fused-ring (bicyclic) bond motifs is 1. The molecule has 3 rings (SSSR count). The fourth-order valence-corrected chi connectivity index (χ4v) is 4.93. The van der Waals surface area contributed by atoms with Gasteiger partial charge in [-0.15, -0.1) is 0 Å². The van der Waals surface area contributed by atoms with E-state index >= 15 is 0 Å². The van der Waals surface area contributed by atoms with Crippen molar-refractivity contribution in [3.63, 3.8) is 0 Å². The Balaban J connectivity index is 2.05. The van der Waals surface area contributed by atoms with E-state index in [9.17, 15) is 24.0 Å². The van der Waals surface area contributed by atoms with Crippen molar-refractivity contribution in [1.82, 2.24) is 20.9 Å². The van der Waals surface area contributed by atoms with E-state index in [0.717, 1.165) is 4.90 Å². The molecule has 3 aliphatic rings. The highest BCUT2D eigenvalue weighted by molar-refractivity contribution is 6.37. The molecule has 0 aromatic heterocycles. The number of hydrogen-bond donors (Lipinski definition) is 4. The van der Waals surface area contributed by atoms with E-state index in [-0.39, 0.29) is 6.54 Å². The monoisotopic (exact) mass is 536 g/mol. The Hall–Kier alpha value is -2.65. The predicted octanol–water partition coefficient (Wildman–Crippen LogP) is 1.71. The Morgan fingerprint density at radius 1 is 1.16 bits per heavy atom. The SMILES string of the molecule is [2H]C([2H])([2H])C(NC(=O)N[C@H](C(=O)N1C[C@H]2[C@@H]([C@H]1C(=O)N[C@]([2H])(CC1([2H])C([2H])([2H])C([2H])([2H])C1([2H])[2H])C(=O)C(N)=O)C2(C)C)C(C)(C)C)(C([2H])([2H])[2H])C([2H])([2H])[2H]. The highest BCUT2D eigenvalue weighted by Crippen LogP contribution is 2.65. The van der Waals surface area contributed by atoms with Crippen molar-refractivity contribution >= 4 is 29.5 Å². The molecule has 1 heterocycles. The number of rotatable bonds is 8. The van der Waals surface area contributed by atoms with Gasteiger partial charge in [0.25, 0.3) is 5.91 Å². The minimum atomic E-state index is -3.84. The lowest BCUT2D eigenvalue weighted by Gasteiger charge is -2.38. The molecule has 0 unspecified atom stereocenters. The first-order valence-electron chi connectivity index (χ1n) is 20.1. The van der Waals surface area contributed by atoms with Gasteiger partial charge in [0.2, 0.25) is 17.6 Å². The Morgan fingerprint density at radius 3 is 2.32 bits per heavy atom. The molecule has 5 N–H and O–H groups in total. The van der Waals surface area contributed by atoms with Crippen molar-refractivity contribution in [2.45, 2.75) is 104 Å². The molecular weight excluding hydrogens is 474 g/mol. The largest absolute Gasteiger partial charge is 0.363 e. The maximum absolute atomic E-state index is 14.3. The summed E-state index contributed by atoms with van der Waals surface area (Å²) in [6.07, 6.45) is -11.6. The molecule has 5 atom stereocenters. The van der Waals surface area contributed by atoms with Crippen LogP contribution >= 0.6 is 0 Å². The summed E-state index contributed by atoms with van der Waals surface area (Å²) < 4.78 is 136. The molecule has 10 nitrogen and oxygen atoms in total. The summed E-state index contributed by atoms with van der Waals surface area (Å²) in [5.41, 5.74) is -0.672. The van der Waals surface area contributed by atoms with E-state index in [1.54, 1.807) is 19.2 Å². The summed E-state index contributed by atoms with van der Waals surface area (Å²) in [6, 6.07) is -8.40. The highest BCUT2D eigenvalue weighted by Gasteiger charge is 2.70. The molecular formula is C27H45N5O5. The van der Waals surface area contributed by atoms with Crippen LogP contribution in [0.4, 0.5) is 4.79 Å². The summed E-state index contributed by atoms with van der Waals surface area (Å²) >= 11 is 0. The van der Waals surface area contributed by atoms with Crippen molar-refractivity contribution in [1.29, 1.82) is 0 Å². The van der Waals surface area contributed by atoms with Gasteiger partial charge in [0, 0.05) is 34.0 Å². The van der Waals surface area contributed by atoms with Gasteiger partial charge in [0.1, 0.15) is 12.1 Å². The third-order valence-electron chi connectivity index (χ3n) is 7.00. The molecule has 10 heteroatoms. The lowest BCUT2D eigenvalue weighted by atomic mass is 9.80. The van der Waals surface area contributed by atoms with Crippen LogP contribution in [-0.4, -0.2) is 64.6 Å². The van der Waals surface area contributed by atoms with E-state index in [4.69, 9.17) is 29.0 Å². The number of likely N-dealkylation sites (tertiary alicyclic amines) is 1. The number of amides is 5. The van der Waals surface area contributed by atoms with E-state index in [0.29, 0.717) is 0 Å². The molecule has 2 aliphatic carbocycles. The first-order chi connectivity index (χ1) is 23.6. The number of Topliss-reactive ketones (excluding diaryl/α,β-unsaturated/α-hetero) is 1. The van der Waals surface area contributed by atoms with Crippen LogP contribution in [0.15, 0.2) is 0 Å². The van der Waals surface area contributed by atoms with Gasteiger partial charge in [0.05, 0.1) is 7.39 Å². The zero-order chi connectivity index (χ0) is 42.8. The second-order valence-corrected chi connectivity index (χ2v) is 11.2. The molecule has 0 radical (unpaired) electrons. The maximum Gasteiger partial charge on any atom is 0.315 e. The zero-order valence-corrected chi connectivity index (χ0v) is 21.3. The summed E-state index contributed by atoms with van der Waals surface area (Å²) in [5, 5.41) is 5.66.